The summed E-state index contributed by atoms with van der Waals surface area (Å²) in [5.74, 6) is -0.154. The molecule has 0 bridgehead atoms. The van der Waals surface area contributed by atoms with Gasteiger partial charge in [0.2, 0.25) is 0 Å². The van der Waals surface area contributed by atoms with Crippen molar-refractivity contribution in [3.63, 3.8) is 0 Å². The fraction of sp³-hybridized carbons (Fsp3) is 0.350. The first-order valence-corrected chi connectivity index (χ1v) is 8.34. The van der Waals surface area contributed by atoms with Crippen molar-refractivity contribution in [2.75, 3.05) is 11.9 Å². The summed E-state index contributed by atoms with van der Waals surface area (Å²) in [4.78, 5) is 12.0. The Morgan fingerprint density at radius 1 is 1.17 bits per heavy atom. The van der Waals surface area contributed by atoms with Gasteiger partial charge in [0.1, 0.15) is 6.10 Å². The summed E-state index contributed by atoms with van der Waals surface area (Å²) in [6.45, 7) is 4.10. The third-order valence-electron chi connectivity index (χ3n) is 3.87. The minimum absolute atomic E-state index is 0.154. The van der Waals surface area contributed by atoms with Crippen LogP contribution < -0.4 is 5.32 Å². The van der Waals surface area contributed by atoms with E-state index < -0.39 is 12.2 Å². The summed E-state index contributed by atoms with van der Waals surface area (Å²) in [5.41, 5.74) is 2.75. The van der Waals surface area contributed by atoms with Crippen LogP contribution in [-0.2, 0) is 16.0 Å². The van der Waals surface area contributed by atoms with E-state index in [4.69, 9.17) is 4.74 Å². The van der Waals surface area contributed by atoms with Crippen molar-refractivity contribution in [2.45, 2.75) is 38.9 Å². The van der Waals surface area contributed by atoms with Crippen molar-refractivity contribution in [3.8, 4) is 0 Å². The zero-order valence-corrected chi connectivity index (χ0v) is 14.2. The number of anilines is 1. The molecular formula is C20H25NO3. The molecule has 2 atom stereocenters. The molecule has 1 amide bonds. The second kappa shape index (κ2) is 9.21. The summed E-state index contributed by atoms with van der Waals surface area (Å²) < 4.78 is 5.29. The molecule has 24 heavy (non-hydrogen) atoms. The Kier molecular flexibility index (Phi) is 6.97. The van der Waals surface area contributed by atoms with Crippen LogP contribution in [0.5, 0.6) is 0 Å². The topological polar surface area (TPSA) is 58.6 Å². The minimum Gasteiger partial charge on any atom is -0.388 e. The molecule has 0 heterocycles. The molecule has 128 valence electrons. The molecule has 0 fully saturated rings. The standard InChI is InChI=1S/C20H25NO3/c1-3-24-15(2)20(23)21-18-11-7-8-16(14-18)12-13-19(22)17-9-5-4-6-10-17/h4-11,14-15,19,22H,3,12-13H2,1-2H3,(H,21,23)/t15-,19-/m1/s1. The fourth-order valence-corrected chi connectivity index (χ4v) is 2.52. The van der Waals surface area contributed by atoms with Gasteiger partial charge < -0.3 is 15.2 Å². The zero-order valence-electron chi connectivity index (χ0n) is 14.2. The van der Waals surface area contributed by atoms with E-state index in [2.05, 4.69) is 5.32 Å². The van der Waals surface area contributed by atoms with Gasteiger partial charge in [0.15, 0.2) is 0 Å². The van der Waals surface area contributed by atoms with Crippen LogP contribution in [-0.4, -0.2) is 23.7 Å². The molecule has 0 radical (unpaired) electrons. The molecule has 0 saturated carbocycles. The van der Waals surface area contributed by atoms with E-state index in [1.54, 1.807) is 6.92 Å². The number of hydrogen-bond donors (Lipinski definition) is 2. The van der Waals surface area contributed by atoms with Crippen molar-refractivity contribution in [1.82, 2.24) is 0 Å². The highest BCUT2D eigenvalue weighted by Gasteiger charge is 2.13. The van der Waals surface area contributed by atoms with E-state index in [1.807, 2.05) is 61.5 Å². The molecule has 2 aromatic rings. The smallest absolute Gasteiger partial charge is 0.253 e. The van der Waals surface area contributed by atoms with Crippen LogP contribution in [0, 0.1) is 0 Å². The number of aliphatic hydroxyl groups excluding tert-OH is 1. The summed E-state index contributed by atoms with van der Waals surface area (Å²) in [5, 5.41) is 13.1. The van der Waals surface area contributed by atoms with Gasteiger partial charge in [-0.2, -0.15) is 0 Å². The molecule has 2 aromatic carbocycles. The van der Waals surface area contributed by atoms with Gasteiger partial charge >= 0.3 is 0 Å². The largest absolute Gasteiger partial charge is 0.388 e. The molecule has 0 spiro atoms. The van der Waals surface area contributed by atoms with Crippen molar-refractivity contribution in [1.29, 1.82) is 0 Å². The van der Waals surface area contributed by atoms with Crippen molar-refractivity contribution < 1.29 is 14.6 Å². The Balaban J connectivity index is 1.92. The van der Waals surface area contributed by atoms with Crippen LogP contribution in [0.4, 0.5) is 5.69 Å². The predicted octanol–water partition coefficient (Wildman–Crippen LogP) is 3.72. The number of carbonyl (C=O) groups excluding carboxylic acids is 1. The maximum atomic E-state index is 12.0. The lowest BCUT2D eigenvalue weighted by atomic mass is 10.0. The van der Waals surface area contributed by atoms with E-state index in [-0.39, 0.29) is 5.91 Å². The summed E-state index contributed by atoms with van der Waals surface area (Å²) in [7, 11) is 0. The second-order valence-electron chi connectivity index (χ2n) is 5.75. The summed E-state index contributed by atoms with van der Waals surface area (Å²) >= 11 is 0. The molecule has 2 N–H and O–H groups in total. The number of nitrogens with one attached hydrogen (secondary N) is 1. The first-order valence-electron chi connectivity index (χ1n) is 8.34. The molecule has 4 heteroatoms. The lowest BCUT2D eigenvalue weighted by molar-refractivity contribution is -0.126. The Bertz CT molecular complexity index is 642. The van der Waals surface area contributed by atoms with E-state index in [0.29, 0.717) is 13.0 Å². The van der Waals surface area contributed by atoms with Gasteiger partial charge in [-0.3, -0.25) is 4.79 Å². The number of hydrogen-bond acceptors (Lipinski definition) is 3. The highest BCUT2D eigenvalue weighted by molar-refractivity contribution is 5.93. The molecule has 0 aliphatic rings. The maximum absolute atomic E-state index is 12.0. The van der Waals surface area contributed by atoms with Crippen molar-refractivity contribution in [3.05, 3.63) is 65.7 Å². The number of aryl methyl sites for hydroxylation is 1. The number of amides is 1. The number of benzene rings is 2. The lowest BCUT2D eigenvalue weighted by Crippen LogP contribution is -2.27. The lowest BCUT2D eigenvalue weighted by Gasteiger charge is -2.14. The van der Waals surface area contributed by atoms with E-state index in [1.165, 1.54) is 0 Å². The number of aliphatic hydroxyl groups is 1. The van der Waals surface area contributed by atoms with E-state index in [9.17, 15) is 9.90 Å². The molecule has 4 nitrogen and oxygen atoms in total. The number of rotatable bonds is 8. The van der Waals surface area contributed by atoms with Crippen LogP contribution in [0.25, 0.3) is 0 Å². The molecule has 0 aliphatic heterocycles. The van der Waals surface area contributed by atoms with Gasteiger partial charge in [-0.15, -0.1) is 0 Å². The normalized spacial score (nSPS) is 13.3. The molecule has 0 aromatic heterocycles. The third kappa shape index (κ3) is 5.48. The first kappa shape index (κ1) is 18.2. The monoisotopic (exact) mass is 327 g/mol. The zero-order chi connectivity index (χ0) is 17.4. The Morgan fingerprint density at radius 3 is 2.62 bits per heavy atom. The van der Waals surface area contributed by atoms with Gasteiger partial charge in [0.05, 0.1) is 6.10 Å². The highest BCUT2D eigenvalue weighted by atomic mass is 16.5. The molecule has 0 unspecified atom stereocenters. The van der Waals surface area contributed by atoms with Crippen molar-refractivity contribution >= 4 is 11.6 Å². The SMILES string of the molecule is CCO[C@H](C)C(=O)Nc1cccc(CC[C@@H](O)c2ccccc2)c1. The van der Waals surface area contributed by atoms with Gasteiger partial charge in [-0.05, 0) is 49.9 Å². The van der Waals surface area contributed by atoms with Gasteiger partial charge in [-0.25, -0.2) is 0 Å². The molecule has 0 aliphatic carbocycles. The minimum atomic E-state index is -0.484. The highest BCUT2D eigenvalue weighted by Crippen LogP contribution is 2.20. The summed E-state index contributed by atoms with van der Waals surface area (Å²) in [6, 6.07) is 17.3. The average molecular weight is 327 g/mol. The molecule has 2 rings (SSSR count). The van der Waals surface area contributed by atoms with Crippen molar-refractivity contribution in [2.24, 2.45) is 0 Å². The predicted molar refractivity (Wildman–Crippen MR) is 95.9 cm³/mol. The van der Waals surface area contributed by atoms with Crippen LogP contribution in [0.1, 0.15) is 37.5 Å². The third-order valence-corrected chi connectivity index (χ3v) is 3.87. The molecular weight excluding hydrogens is 302 g/mol. The number of ether oxygens (including phenoxy) is 1. The molecule has 0 saturated heterocycles. The van der Waals surface area contributed by atoms with Crippen LogP contribution >= 0.6 is 0 Å². The Morgan fingerprint density at radius 2 is 1.92 bits per heavy atom. The average Bonchev–Trinajstić information content (AvgIpc) is 2.61. The van der Waals surface area contributed by atoms with Gasteiger partial charge in [-0.1, -0.05) is 42.5 Å². The Labute approximate surface area is 143 Å². The first-order chi connectivity index (χ1) is 11.6. The fourth-order valence-electron chi connectivity index (χ4n) is 2.52. The van der Waals surface area contributed by atoms with Crippen LogP contribution in [0.2, 0.25) is 0 Å². The number of carbonyl (C=O) groups is 1. The summed E-state index contributed by atoms with van der Waals surface area (Å²) in [6.07, 6.45) is 0.415. The Hall–Kier alpha value is -2.17. The van der Waals surface area contributed by atoms with Gasteiger partial charge in [0, 0.05) is 12.3 Å². The van der Waals surface area contributed by atoms with Crippen LogP contribution in [0.3, 0.4) is 0 Å². The van der Waals surface area contributed by atoms with Crippen LogP contribution in [0.15, 0.2) is 54.6 Å². The quantitative estimate of drug-likeness (QED) is 0.777. The maximum Gasteiger partial charge on any atom is 0.253 e. The second-order valence-corrected chi connectivity index (χ2v) is 5.75. The van der Waals surface area contributed by atoms with E-state index >= 15 is 0 Å². The van der Waals surface area contributed by atoms with Gasteiger partial charge in [0.25, 0.3) is 5.91 Å². The van der Waals surface area contributed by atoms with E-state index in [0.717, 1.165) is 23.2 Å².